The van der Waals surface area contributed by atoms with Crippen molar-refractivity contribution >= 4 is 17.0 Å². The summed E-state index contributed by atoms with van der Waals surface area (Å²) in [4.78, 5) is 17.1. The fourth-order valence-electron chi connectivity index (χ4n) is 4.69. The highest BCUT2D eigenvalue weighted by Gasteiger charge is 2.42. The van der Waals surface area contributed by atoms with Crippen molar-refractivity contribution in [2.45, 2.75) is 52.5 Å². The van der Waals surface area contributed by atoms with Gasteiger partial charge in [-0.15, -0.1) is 0 Å². The van der Waals surface area contributed by atoms with Crippen molar-refractivity contribution in [3.8, 4) is 0 Å². The summed E-state index contributed by atoms with van der Waals surface area (Å²) < 4.78 is 5.22. The lowest BCUT2D eigenvalue weighted by Crippen LogP contribution is -2.40. The third-order valence-electron chi connectivity index (χ3n) is 5.78. The lowest BCUT2D eigenvalue weighted by atomic mass is 9.84. The van der Waals surface area contributed by atoms with E-state index in [4.69, 9.17) is 4.52 Å². The van der Waals surface area contributed by atoms with E-state index in [0.29, 0.717) is 22.9 Å². The number of aromatic nitrogens is 2. The molecule has 0 aliphatic heterocycles. The Hall–Kier alpha value is -1.91. The van der Waals surface area contributed by atoms with E-state index in [-0.39, 0.29) is 11.9 Å². The molecular weight excluding hydrogens is 290 g/mol. The highest BCUT2D eigenvalue weighted by atomic mass is 16.5. The molecule has 2 aromatic heterocycles. The lowest BCUT2D eigenvalue weighted by Gasteiger charge is -2.28. The van der Waals surface area contributed by atoms with E-state index >= 15 is 0 Å². The predicted octanol–water partition coefficient (Wildman–Crippen LogP) is 3.39. The van der Waals surface area contributed by atoms with Crippen molar-refractivity contribution in [2.24, 2.45) is 17.8 Å². The maximum Gasteiger partial charge on any atom is 0.258 e. The number of pyridine rings is 1. The van der Waals surface area contributed by atoms with Gasteiger partial charge in [0.1, 0.15) is 0 Å². The molecule has 2 bridgehead atoms. The molecule has 1 amide bonds. The molecule has 1 N–H and O–H groups in total. The molecule has 23 heavy (non-hydrogen) atoms. The van der Waals surface area contributed by atoms with Gasteiger partial charge in [0.25, 0.3) is 11.6 Å². The molecule has 2 fully saturated rings. The Morgan fingerprint density at radius 1 is 1.35 bits per heavy atom. The number of carbonyl (C=O) groups is 1. The topological polar surface area (TPSA) is 68.0 Å². The van der Waals surface area contributed by atoms with Crippen LogP contribution in [0.4, 0.5) is 0 Å². The minimum absolute atomic E-state index is 0.0397. The van der Waals surface area contributed by atoms with Crippen molar-refractivity contribution in [1.29, 1.82) is 0 Å². The number of rotatable bonds is 3. The van der Waals surface area contributed by atoms with Gasteiger partial charge < -0.3 is 9.84 Å². The second-order valence-corrected chi connectivity index (χ2v) is 7.36. The molecule has 2 aliphatic carbocycles. The molecule has 5 nitrogen and oxygen atoms in total. The number of nitrogens with one attached hydrogen (secondary N) is 1. The summed E-state index contributed by atoms with van der Waals surface area (Å²) in [5.74, 6) is 2.27. The van der Waals surface area contributed by atoms with Crippen LogP contribution < -0.4 is 5.32 Å². The van der Waals surface area contributed by atoms with Gasteiger partial charge in [-0.3, -0.25) is 4.79 Å². The van der Waals surface area contributed by atoms with Crippen LogP contribution >= 0.6 is 0 Å². The van der Waals surface area contributed by atoms with Gasteiger partial charge in [-0.2, -0.15) is 0 Å². The van der Waals surface area contributed by atoms with Gasteiger partial charge in [0.2, 0.25) is 0 Å². The Morgan fingerprint density at radius 2 is 2.17 bits per heavy atom. The molecule has 5 heteroatoms. The molecule has 2 aromatic rings. The highest BCUT2D eigenvalue weighted by molar-refractivity contribution is 6.06. The molecule has 2 aliphatic rings. The maximum absolute atomic E-state index is 12.8. The smallest absolute Gasteiger partial charge is 0.258 e. The van der Waals surface area contributed by atoms with E-state index in [1.807, 2.05) is 19.9 Å². The van der Waals surface area contributed by atoms with Gasteiger partial charge in [-0.25, -0.2) is 4.98 Å². The van der Waals surface area contributed by atoms with E-state index in [1.54, 1.807) is 0 Å². The molecule has 4 atom stereocenters. The Labute approximate surface area is 135 Å². The zero-order valence-corrected chi connectivity index (χ0v) is 13.9. The number of hydrogen-bond donors (Lipinski definition) is 1. The zero-order valence-electron chi connectivity index (χ0n) is 13.9. The largest absolute Gasteiger partial charge is 0.349 e. The molecule has 2 heterocycles. The summed E-state index contributed by atoms with van der Waals surface area (Å²) in [6.45, 7) is 5.86. The molecular formula is C18H23N3O2. The van der Waals surface area contributed by atoms with Gasteiger partial charge in [0.05, 0.1) is 16.6 Å². The van der Waals surface area contributed by atoms with E-state index in [0.717, 1.165) is 22.9 Å². The average molecular weight is 313 g/mol. The van der Waals surface area contributed by atoms with Crippen LogP contribution in [0.15, 0.2) is 10.6 Å². The molecule has 0 spiro atoms. The highest BCUT2D eigenvalue weighted by Crippen LogP contribution is 2.49. The first-order valence-corrected chi connectivity index (χ1v) is 8.57. The summed E-state index contributed by atoms with van der Waals surface area (Å²) in [5.41, 5.74) is 2.55. The lowest BCUT2D eigenvalue weighted by molar-refractivity contribution is 0.0916. The van der Waals surface area contributed by atoms with E-state index in [2.05, 4.69) is 22.4 Å². The van der Waals surface area contributed by atoms with Gasteiger partial charge >= 0.3 is 0 Å². The van der Waals surface area contributed by atoms with Crippen LogP contribution in [0.1, 0.15) is 54.4 Å². The second-order valence-electron chi connectivity index (χ2n) is 7.36. The standard InChI is InChI=1S/C18H23N3O2/c1-9-6-15(16-11(3)21-23-18(16)19-9)17(22)20-10(2)14-8-12-4-5-13(14)7-12/h6,10,12-14H,4-5,7-8H2,1-3H3,(H,20,22)/t10-,12+,13+,14-/m0/s1. The van der Waals surface area contributed by atoms with Crippen LogP contribution in [0.25, 0.3) is 11.1 Å². The van der Waals surface area contributed by atoms with Crippen molar-refractivity contribution in [2.75, 3.05) is 0 Å². The monoisotopic (exact) mass is 313 g/mol. The first-order chi connectivity index (χ1) is 11.0. The Balaban J connectivity index is 1.58. The molecule has 0 unspecified atom stereocenters. The zero-order chi connectivity index (χ0) is 16.1. The van der Waals surface area contributed by atoms with Crippen LogP contribution in [0.5, 0.6) is 0 Å². The van der Waals surface area contributed by atoms with Gasteiger partial charge in [0, 0.05) is 11.7 Å². The average Bonchev–Trinajstić information content (AvgIpc) is 3.22. The Kier molecular flexibility index (Phi) is 3.39. The van der Waals surface area contributed by atoms with Crippen molar-refractivity contribution in [3.05, 3.63) is 23.0 Å². The first-order valence-electron chi connectivity index (χ1n) is 8.57. The second kappa shape index (κ2) is 5.32. The van der Waals surface area contributed by atoms with E-state index < -0.39 is 0 Å². The van der Waals surface area contributed by atoms with E-state index in [1.165, 1.54) is 25.7 Å². The first kappa shape index (κ1) is 14.7. The Bertz CT molecular complexity index is 767. The molecule has 0 aromatic carbocycles. The van der Waals surface area contributed by atoms with Crippen molar-refractivity contribution < 1.29 is 9.32 Å². The third kappa shape index (κ3) is 2.42. The van der Waals surface area contributed by atoms with Crippen molar-refractivity contribution in [1.82, 2.24) is 15.5 Å². The molecule has 122 valence electrons. The summed E-state index contributed by atoms with van der Waals surface area (Å²) in [7, 11) is 0. The number of aryl methyl sites for hydroxylation is 2. The minimum atomic E-state index is -0.0397. The van der Waals surface area contributed by atoms with Gasteiger partial charge in [-0.1, -0.05) is 11.6 Å². The fraction of sp³-hybridized carbons (Fsp3) is 0.611. The number of carbonyl (C=O) groups excluding carboxylic acids is 1. The number of fused-ring (bicyclic) bond motifs is 3. The van der Waals surface area contributed by atoms with Gasteiger partial charge in [0.15, 0.2) is 0 Å². The van der Waals surface area contributed by atoms with Crippen LogP contribution in [-0.4, -0.2) is 22.1 Å². The van der Waals surface area contributed by atoms with Crippen LogP contribution in [-0.2, 0) is 0 Å². The minimum Gasteiger partial charge on any atom is -0.349 e. The van der Waals surface area contributed by atoms with E-state index in [9.17, 15) is 4.79 Å². The molecule has 4 rings (SSSR count). The normalized spacial score (nSPS) is 27.5. The quantitative estimate of drug-likeness (QED) is 0.943. The van der Waals surface area contributed by atoms with Gasteiger partial charge in [-0.05, 0) is 63.9 Å². The SMILES string of the molecule is Cc1cc(C(=O)N[C@@H](C)[C@@H]2C[C@@H]3CC[C@@H]2C3)c2c(C)noc2n1. The molecule has 2 saturated carbocycles. The maximum atomic E-state index is 12.8. The predicted molar refractivity (Wildman–Crippen MR) is 87.1 cm³/mol. The van der Waals surface area contributed by atoms with Crippen LogP contribution in [0.2, 0.25) is 0 Å². The molecule has 0 radical (unpaired) electrons. The van der Waals surface area contributed by atoms with Crippen molar-refractivity contribution in [3.63, 3.8) is 0 Å². The fourth-order valence-corrected chi connectivity index (χ4v) is 4.69. The Morgan fingerprint density at radius 3 is 2.87 bits per heavy atom. The van der Waals surface area contributed by atoms with Crippen LogP contribution in [0, 0.1) is 31.6 Å². The molecule has 0 saturated heterocycles. The number of hydrogen-bond acceptors (Lipinski definition) is 4. The summed E-state index contributed by atoms with van der Waals surface area (Å²) in [6.07, 6.45) is 5.34. The van der Waals surface area contributed by atoms with Crippen LogP contribution in [0.3, 0.4) is 0 Å². The summed E-state index contributed by atoms with van der Waals surface area (Å²) in [6, 6.07) is 2.04. The number of nitrogens with zero attached hydrogens (tertiary/aromatic N) is 2. The third-order valence-corrected chi connectivity index (χ3v) is 5.78. The summed E-state index contributed by atoms with van der Waals surface area (Å²) in [5, 5.41) is 7.90. The number of amides is 1. The summed E-state index contributed by atoms with van der Waals surface area (Å²) >= 11 is 0.